The molecule has 23 heavy (non-hydrogen) atoms. The van der Waals surface area contributed by atoms with Gasteiger partial charge in [0.05, 0.1) is 0 Å². The van der Waals surface area contributed by atoms with Crippen molar-refractivity contribution < 1.29 is 14.4 Å². The lowest BCUT2D eigenvalue weighted by molar-refractivity contribution is -0.136. The van der Waals surface area contributed by atoms with Crippen molar-refractivity contribution in [2.45, 2.75) is 46.0 Å². The van der Waals surface area contributed by atoms with Crippen LogP contribution in [0.25, 0.3) is 0 Å². The zero-order valence-electron chi connectivity index (χ0n) is 13.9. The van der Waals surface area contributed by atoms with Gasteiger partial charge in [-0.3, -0.25) is 20.2 Å². The number of carbonyl (C=O) groups excluding carboxylic acids is 3. The van der Waals surface area contributed by atoms with Crippen LogP contribution in [0.1, 0.15) is 50.7 Å². The Morgan fingerprint density at radius 3 is 2.30 bits per heavy atom. The van der Waals surface area contributed by atoms with E-state index in [2.05, 4.69) is 41.8 Å². The van der Waals surface area contributed by atoms with Crippen molar-refractivity contribution in [3.63, 3.8) is 0 Å². The SMILES string of the molecule is CC(C)CCC1C(=O)NC(=O)NC1=O.CC1Cc2cccc1c2. The lowest BCUT2D eigenvalue weighted by atomic mass is 9.95. The monoisotopic (exact) mass is 316 g/mol. The van der Waals surface area contributed by atoms with E-state index in [1.54, 1.807) is 0 Å². The second-order valence-corrected chi connectivity index (χ2v) is 6.68. The van der Waals surface area contributed by atoms with E-state index in [1.807, 2.05) is 13.8 Å². The number of nitrogens with one attached hydrogen (secondary N) is 2. The van der Waals surface area contributed by atoms with Gasteiger partial charge in [-0.2, -0.15) is 0 Å². The second-order valence-electron chi connectivity index (χ2n) is 6.68. The van der Waals surface area contributed by atoms with Gasteiger partial charge in [-0.05, 0) is 42.2 Å². The van der Waals surface area contributed by atoms with Crippen LogP contribution < -0.4 is 10.6 Å². The highest BCUT2D eigenvalue weighted by atomic mass is 16.2. The summed E-state index contributed by atoms with van der Waals surface area (Å²) < 4.78 is 0. The molecule has 1 fully saturated rings. The number of fused-ring (bicyclic) bond motifs is 2. The lowest BCUT2D eigenvalue weighted by Crippen LogP contribution is -2.55. The molecule has 1 heterocycles. The third kappa shape index (κ3) is 4.65. The number of benzene rings is 1. The van der Waals surface area contributed by atoms with E-state index in [1.165, 1.54) is 17.5 Å². The minimum absolute atomic E-state index is 0.438. The molecule has 1 unspecified atom stereocenters. The fourth-order valence-corrected chi connectivity index (χ4v) is 2.81. The van der Waals surface area contributed by atoms with Crippen LogP contribution in [0.4, 0.5) is 4.79 Å². The molecule has 124 valence electrons. The molecular formula is C18H24N2O3. The maximum Gasteiger partial charge on any atom is 0.328 e. The maximum atomic E-state index is 11.2. The Hall–Kier alpha value is -2.17. The van der Waals surface area contributed by atoms with Gasteiger partial charge in [0.25, 0.3) is 0 Å². The molecule has 2 bridgehead atoms. The van der Waals surface area contributed by atoms with Crippen LogP contribution in [0.5, 0.6) is 0 Å². The first kappa shape index (κ1) is 17.2. The Kier molecular flexibility index (Phi) is 5.53. The normalized spacial score (nSPS) is 20.0. The molecule has 0 spiro atoms. The van der Waals surface area contributed by atoms with Crippen molar-refractivity contribution in [2.24, 2.45) is 11.8 Å². The number of urea groups is 1. The Morgan fingerprint density at radius 1 is 1.13 bits per heavy atom. The minimum Gasteiger partial charge on any atom is -0.277 e. The molecule has 5 nitrogen and oxygen atoms in total. The first-order valence-corrected chi connectivity index (χ1v) is 8.11. The van der Waals surface area contributed by atoms with Crippen LogP contribution in [0.3, 0.4) is 0 Å². The van der Waals surface area contributed by atoms with Crippen LogP contribution in [-0.2, 0) is 16.0 Å². The Morgan fingerprint density at radius 2 is 1.78 bits per heavy atom. The van der Waals surface area contributed by atoms with E-state index in [4.69, 9.17) is 0 Å². The van der Waals surface area contributed by atoms with Crippen LogP contribution in [0.2, 0.25) is 0 Å². The van der Waals surface area contributed by atoms with E-state index < -0.39 is 23.8 Å². The van der Waals surface area contributed by atoms with Crippen LogP contribution in [0, 0.1) is 11.8 Å². The zero-order chi connectivity index (χ0) is 17.0. The minimum atomic E-state index is -0.721. The van der Waals surface area contributed by atoms with Crippen molar-refractivity contribution in [3.05, 3.63) is 35.4 Å². The summed E-state index contributed by atoms with van der Waals surface area (Å²) in [6.07, 6.45) is 2.53. The van der Waals surface area contributed by atoms with E-state index in [-0.39, 0.29) is 0 Å². The van der Waals surface area contributed by atoms with Gasteiger partial charge in [-0.15, -0.1) is 0 Å². The largest absolute Gasteiger partial charge is 0.328 e. The van der Waals surface area contributed by atoms with Gasteiger partial charge >= 0.3 is 6.03 Å². The molecule has 1 aliphatic heterocycles. The highest BCUT2D eigenvalue weighted by Gasteiger charge is 2.33. The molecule has 1 aromatic rings. The highest BCUT2D eigenvalue weighted by molar-refractivity contribution is 6.16. The van der Waals surface area contributed by atoms with Gasteiger partial charge in [0.15, 0.2) is 0 Å². The van der Waals surface area contributed by atoms with Gasteiger partial charge in [-0.1, -0.05) is 45.0 Å². The van der Waals surface area contributed by atoms with E-state index in [0.717, 1.165) is 12.3 Å². The van der Waals surface area contributed by atoms with E-state index in [9.17, 15) is 14.4 Å². The maximum absolute atomic E-state index is 11.2. The molecule has 0 radical (unpaired) electrons. The Balaban J connectivity index is 0.000000182. The first-order chi connectivity index (χ1) is 10.9. The summed E-state index contributed by atoms with van der Waals surface area (Å²) in [5, 5.41) is 4.15. The summed E-state index contributed by atoms with van der Waals surface area (Å²) >= 11 is 0. The molecule has 1 aliphatic carbocycles. The van der Waals surface area contributed by atoms with E-state index in [0.29, 0.717) is 12.3 Å². The van der Waals surface area contributed by atoms with Crippen molar-refractivity contribution in [1.82, 2.24) is 10.6 Å². The number of amides is 4. The molecule has 0 saturated carbocycles. The molecule has 1 saturated heterocycles. The summed E-state index contributed by atoms with van der Waals surface area (Å²) in [4.78, 5) is 33.2. The summed E-state index contributed by atoms with van der Waals surface area (Å²) in [7, 11) is 0. The fraction of sp³-hybridized carbons (Fsp3) is 0.500. The van der Waals surface area contributed by atoms with Crippen molar-refractivity contribution >= 4 is 17.8 Å². The first-order valence-electron chi connectivity index (χ1n) is 8.11. The average molecular weight is 316 g/mol. The van der Waals surface area contributed by atoms with Crippen LogP contribution in [0.15, 0.2) is 24.3 Å². The number of hydrogen-bond donors (Lipinski definition) is 2. The molecule has 1 aromatic carbocycles. The lowest BCUT2D eigenvalue weighted by Gasteiger charge is -2.20. The average Bonchev–Trinajstić information content (AvgIpc) is 2.70. The molecule has 2 N–H and O–H groups in total. The number of rotatable bonds is 3. The Bertz CT molecular complexity index is 590. The second kappa shape index (κ2) is 7.40. The standard InChI is InChI=1S/C9H14N2O3.C9H10/c1-5(2)3-4-6-7(12)10-9(14)11-8(6)13;1-7-5-8-3-2-4-9(7)6-8/h5-6H,3-4H2,1-2H3,(H2,10,11,12,13,14);2-4,6-7H,5H2,1H3. The molecule has 4 amide bonds. The third-order valence-corrected chi connectivity index (χ3v) is 4.20. The highest BCUT2D eigenvalue weighted by Crippen LogP contribution is 2.27. The van der Waals surface area contributed by atoms with Crippen molar-refractivity contribution in [1.29, 1.82) is 0 Å². The molecular weight excluding hydrogens is 292 g/mol. The third-order valence-electron chi connectivity index (χ3n) is 4.20. The summed E-state index contributed by atoms with van der Waals surface area (Å²) in [5.41, 5.74) is 3.01. The topological polar surface area (TPSA) is 75.3 Å². The summed E-state index contributed by atoms with van der Waals surface area (Å²) in [5.74, 6) is -0.475. The number of imide groups is 2. The quantitative estimate of drug-likeness (QED) is 0.842. The van der Waals surface area contributed by atoms with Gasteiger partial charge in [0, 0.05) is 0 Å². The van der Waals surface area contributed by atoms with E-state index >= 15 is 0 Å². The summed E-state index contributed by atoms with van der Waals surface area (Å²) in [6.45, 7) is 6.32. The molecule has 2 aliphatic rings. The van der Waals surface area contributed by atoms with Crippen molar-refractivity contribution in [2.75, 3.05) is 0 Å². The van der Waals surface area contributed by atoms with Crippen molar-refractivity contribution in [3.8, 4) is 0 Å². The van der Waals surface area contributed by atoms with Gasteiger partial charge in [-0.25, -0.2) is 4.79 Å². The zero-order valence-corrected chi connectivity index (χ0v) is 13.9. The van der Waals surface area contributed by atoms with Crippen LogP contribution in [-0.4, -0.2) is 17.8 Å². The van der Waals surface area contributed by atoms with Crippen LogP contribution >= 0.6 is 0 Å². The molecule has 3 rings (SSSR count). The smallest absolute Gasteiger partial charge is 0.277 e. The predicted molar refractivity (Wildman–Crippen MR) is 87.8 cm³/mol. The molecule has 1 atom stereocenters. The summed E-state index contributed by atoms with van der Waals surface area (Å²) in [6, 6.07) is 8.13. The molecule has 0 aromatic heterocycles. The number of hydrogen-bond acceptors (Lipinski definition) is 3. The molecule has 5 heteroatoms. The van der Waals surface area contributed by atoms with Gasteiger partial charge in [0.2, 0.25) is 11.8 Å². The van der Waals surface area contributed by atoms with Gasteiger partial charge in [0.1, 0.15) is 5.92 Å². The number of barbiturate groups is 1. The predicted octanol–water partition coefficient (Wildman–Crippen LogP) is 2.75. The van der Waals surface area contributed by atoms with Gasteiger partial charge < -0.3 is 0 Å². The Labute approximate surface area is 136 Å². The fourth-order valence-electron chi connectivity index (χ4n) is 2.81. The number of carbonyl (C=O) groups is 3.